The van der Waals surface area contributed by atoms with Crippen LogP contribution in [-0.4, -0.2) is 19.4 Å². The number of hydrogen-bond donors (Lipinski definition) is 0. The molecule has 3 heteroatoms. The number of carbonyl (C=O) groups is 1. The Balaban J connectivity index is 2.16. The summed E-state index contributed by atoms with van der Waals surface area (Å²) in [6.07, 6.45) is 4.56. The van der Waals surface area contributed by atoms with Gasteiger partial charge in [-0.05, 0) is 43.4 Å². The third-order valence-electron chi connectivity index (χ3n) is 3.49. The summed E-state index contributed by atoms with van der Waals surface area (Å²) >= 11 is 6.06. The molecule has 0 spiro atoms. The normalized spacial score (nSPS) is 21.1. The number of nitrogens with zero attached hydrogens (tertiary/aromatic N) is 1. The lowest BCUT2D eigenvalue weighted by Gasteiger charge is -2.23. The second-order valence-electron chi connectivity index (χ2n) is 4.85. The smallest absolute Gasteiger partial charge is 0.151 e. The van der Waals surface area contributed by atoms with Crippen molar-refractivity contribution in [3.05, 3.63) is 28.8 Å². The maximum absolute atomic E-state index is 10.7. The Morgan fingerprint density at radius 3 is 2.88 bits per heavy atom. The summed E-state index contributed by atoms with van der Waals surface area (Å²) in [6, 6.07) is 5.70. The van der Waals surface area contributed by atoms with E-state index < -0.39 is 0 Å². The molecule has 1 aliphatic rings. The van der Waals surface area contributed by atoms with E-state index in [2.05, 4.69) is 11.8 Å². The van der Waals surface area contributed by atoms with Gasteiger partial charge in [-0.15, -0.1) is 0 Å². The maximum Gasteiger partial charge on any atom is 0.151 e. The molecular formula is C14H18ClNO. The quantitative estimate of drug-likeness (QED) is 0.746. The molecule has 92 valence electrons. The zero-order valence-electron chi connectivity index (χ0n) is 10.2. The number of anilines is 1. The molecule has 2 rings (SSSR count). The third-order valence-corrected chi connectivity index (χ3v) is 3.82. The number of rotatable bonds is 2. The summed E-state index contributed by atoms with van der Waals surface area (Å²) in [7, 11) is 0. The average Bonchev–Trinajstić information content (AvgIpc) is 2.54. The average molecular weight is 252 g/mol. The Labute approximate surface area is 108 Å². The summed E-state index contributed by atoms with van der Waals surface area (Å²) in [5, 5.41) is 0.551. The highest BCUT2D eigenvalue weighted by Crippen LogP contribution is 2.26. The summed E-state index contributed by atoms with van der Waals surface area (Å²) in [5.74, 6) is 0.810. The molecule has 0 aromatic heterocycles. The molecule has 0 N–H and O–H groups in total. The van der Waals surface area contributed by atoms with E-state index in [0.29, 0.717) is 10.6 Å². The molecule has 1 aromatic rings. The number of hydrogen-bond acceptors (Lipinski definition) is 2. The van der Waals surface area contributed by atoms with Crippen LogP contribution in [0.2, 0.25) is 5.02 Å². The Bertz CT molecular complexity index is 405. The first-order chi connectivity index (χ1) is 8.20. The van der Waals surface area contributed by atoms with Crippen LogP contribution in [0.4, 0.5) is 5.69 Å². The van der Waals surface area contributed by atoms with Gasteiger partial charge in [0.05, 0.1) is 5.02 Å². The molecule has 1 atom stereocenters. The van der Waals surface area contributed by atoms with E-state index in [1.807, 2.05) is 12.1 Å². The second kappa shape index (κ2) is 5.54. The summed E-state index contributed by atoms with van der Waals surface area (Å²) in [4.78, 5) is 13.1. The van der Waals surface area contributed by atoms with Gasteiger partial charge in [-0.2, -0.15) is 0 Å². The van der Waals surface area contributed by atoms with Crippen molar-refractivity contribution >= 4 is 23.6 Å². The van der Waals surface area contributed by atoms with E-state index in [9.17, 15) is 4.79 Å². The number of aldehydes is 1. The van der Waals surface area contributed by atoms with Gasteiger partial charge >= 0.3 is 0 Å². The van der Waals surface area contributed by atoms with Crippen molar-refractivity contribution in [1.82, 2.24) is 0 Å². The van der Waals surface area contributed by atoms with Crippen LogP contribution in [0.15, 0.2) is 18.2 Å². The van der Waals surface area contributed by atoms with E-state index in [-0.39, 0.29) is 0 Å². The Kier molecular flexibility index (Phi) is 4.06. The Morgan fingerprint density at radius 2 is 2.18 bits per heavy atom. The van der Waals surface area contributed by atoms with Crippen LogP contribution in [0.3, 0.4) is 0 Å². The third kappa shape index (κ3) is 3.01. The molecule has 1 aromatic carbocycles. The summed E-state index contributed by atoms with van der Waals surface area (Å²) < 4.78 is 0. The van der Waals surface area contributed by atoms with E-state index in [0.717, 1.165) is 31.0 Å². The molecular weight excluding hydrogens is 234 g/mol. The van der Waals surface area contributed by atoms with Crippen LogP contribution < -0.4 is 4.90 Å². The molecule has 1 unspecified atom stereocenters. The van der Waals surface area contributed by atoms with Gasteiger partial charge in [-0.25, -0.2) is 0 Å². The van der Waals surface area contributed by atoms with Gasteiger partial charge in [-0.1, -0.05) is 18.5 Å². The SMILES string of the molecule is CC1CCCN(c2ccc(C=O)c(Cl)c2)CC1. The molecule has 1 fully saturated rings. The molecule has 2 nitrogen and oxygen atoms in total. The van der Waals surface area contributed by atoms with Crippen LogP contribution in [0.25, 0.3) is 0 Å². The first-order valence-electron chi connectivity index (χ1n) is 6.20. The minimum Gasteiger partial charge on any atom is -0.371 e. The van der Waals surface area contributed by atoms with E-state index >= 15 is 0 Å². The largest absolute Gasteiger partial charge is 0.371 e. The zero-order chi connectivity index (χ0) is 12.3. The van der Waals surface area contributed by atoms with Gasteiger partial charge in [0, 0.05) is 24.3 Å². The highest BCUT2D eigenvalue weighted by molar-refractivity contribution is 6.33. The predicted molar refractivity (Wildman–Crippen MR) is 72.1 cm³/mol. The predicted octanol–water partition coefficient (Wildman–Crippen LogP) is 3.78. The lowest BCUT2D eigenvalue weighted by Crippen LogP contribution is -2.24. The van der Waals surface area contributed by atoms with Crippen LogP contribution in [-0.2, 0) is 0 Å². The van der Waals surface area contributed by atoms with Gasteiger partial charge in [0.25, 0.3) is 0 Å². The second-order valence-corrected chi connectivity index (χ2v) is 5.25. The molecule has 0 aliphatic carbocycles. The first-order valence-corrected chi connectivity index (χ1v) is 6.58. The molecule has 1 aliphatic heterocycles. The van der Waals surface area contributed by atoms with Crippen molar-refractivity contribution in [3.8, 4) is 0 Å². The van der Waals surface area contributed by atoms with Crippen LogP contribution in [0.1, 0.15) is 36.5 Å². The fraction of sp³-hybridized carbons (Fsp3) is 0.500. The number of benzene rings is 1. The minimum atomic E-state index is 0.551. The van der Waals surface area contributed by atoms with Crippen molar-refractivity contribution in [2.75, 3.05) is 18.0 Å². The van der Waals surface area contributed by atoms with Crippen molar-refractivity contribution < 1.29 is 4.79 Å². The van der Waals surface area contributed by atoms with Crippen LogP contribution >= 0.6 is 11.6 Å². The monoisotopic (exact) mass is 251 g/mol. The number of halogens is 1. The fourth-order valence-electron chi connectivity index (χ4n) is 2.33. The topological polar surface area (TPSA) is 20.3 Å². The lowest BCUT2D eigenvalue weighted by atomic mass is 10.0. The van der Waals surface area contributed by atoms with E-state index in [1.165, 1.54) is 19.3 Å². The van der Waals surface area contributed by atoms with Gasteiger partial charge in [0.1, 0.15) is 0 Å². The van der Waals surface area contributed by atoms with Crippen molar-refractivity contribution in [2.45, 2.75) is 26.2 Å². The first kappa shape index (κ1) is 12.4. The number of carbonyl (C=O) groups excluding carboxylic acids is 1. The summed E-state index contributed by atoms with van der Waals surface area (Å²) in [6.45, 7) is 4.48. The fourth-order valence-corrected chi connectivity index (χ4v) is 2.55. The van der Waals surface area contributed by atoms with E-state index in [4.69, 9.17) is 11.6 Å². The Hall–Kier alpha value is -1.02. The maximum atomic E-state index is 10.7. The molecule has 0 radical (unpaired) electrons. The van der Waals surface area contributed by atoms with Gasteiger partial charge in [-0.3, -0.25) is 4.79 Å². The van der Waals surface area contributed by atoms with Crippen LogP contribution in [0.5, 0.6) is 0 Å². The highest BCUT2D eigenvalue weighted by Gasteiger charge is 2.14. The minimum absolute atomic E-state index is 0.551. The molecule has 0 amide bonds. The van der Waals surface area contributed by atoms with Crippen LogP contribution in [0, 0.1) is 5.92 Å². The van der Waals surface area contributed by atoms with Crippen molar-refractivity contribution in [2.24, 2.45) is 5.92 Å². The standard InChI is InChI=1S/C14H18ClNO/c1-11-3-2-7-16(8-6-11)13-5-4-12(10-17)14(15)9-13/h4-5,9-11H,2-3,6-8H2,1H3. The summed E-state index contributed by atoms with van der Waals surface area (Å²) in [5.41, 5.74) is 1.70. The van der Waals surface area contributed by atoms with Gasteiger partial charge < -0.3 is 4.90 Å². The van der Waals surface area contributed by atoms with Crippen molar-refractivity contribution in [3.63, 3.8) is 0 Å². The zero-order valence-corrected chi connectivity index (χ0v) is 10.9. The van der Waals surface area contributed by atoms with Gasteiger partial charge in [0.2, 0.25) is 0 Å². The molecule has 1 heterocycles. The highest BCUT2D eigenvalue weighted by atomic mass is 35.5. The molecule has 1 saturated heterocycles. The molecule has 17 heavy (non-hydrogen) atoms. The van der Waals surface area contributed by atoms with E-state index in [1.54, 1.807) is 6.07 Å². The van der Waals surface area contributed by atoms with Crippen molar-refractivity contribution in [1.29, 1.82) is 0 Å². The molecule has 0 bridgehead atoms. The Morgan fingerprint density at radius 1 is 1.35 bits per heavy atom. The molecule has 0 saturated carbocycles. The lowest BCUT2D eigenvalue weighted by molar-refractivity contribution is 0.112. The van der Waals surface area contributed by atoms with Gasteiger partial charge in [0.15, 0.2) is 6.29 Å².